The van der Waals surface area contributed by atoms with Gasteiger partial charge < -0.3 is 14.4 Å². The molecule has 1 saturated heterocycles. The van der Waals surface area contributed by atoms with Gasteiger partial charge in [0.25, 0.3) is 5.91 Å². The quantitative estimate of drug-likeness (QED) is 0.181. The summed E-state index contributed by atoms with van der Waals surface area (Å²) in [5.74, 6) is -1.31. The number of hydrogen-bond acceptors (Lipinski definition) is 5. The Balaban J connectivity index is 1.67. The molecule has 3 aromatic rings. The van der Waals surface area contributed by atoms with Gasteiger partial charge in [0, 0.05) is 10.6 Å². The molecule has 3 aromatic carbocycles. The summed E-state index contributed by atoms with van der Waals surface area (Å²) < 4.78 is 24.4. The Morgan fingerprint density at radius 3 is 2.32 bits per heavy atom. The van der Waals surface area contributed by atoms with Gasteiger partial charge in [0.1, 0.15) is 24.7 Å². The topological polar surface area (TPSA) is 59.1 Å². The van der Waals surface area contributed by atoms with E-state index in [4.69, 9.17) is 56.5 Å². The molecular formula is C26H18Cl3FN2O4S. The summed E-state index contributed by atoms with van der Waals surface area (Å²) in [6.45, 7) is -0.370. The van der Waals surface area contributed by atoms with Crippen LogP contribution in [0.3, 0.4) is 0 Å². The number of halogens is 4. The molecule has 1 aliphatic rings. The first-order valence-electron chi connectivity index (χ1n) is 10.7. The Hall–Kier alpha value is -3.17. The second-order valence-corrected chi connectivity index (χ2v) is 9.40. The van der Waals surface area contributed by atoms with Gasteiger partial charge in [0.05, 0.1) is 22.8 Å². The van der Waals surface area contributed by atoms with E-state index in [0.29, 0.717) is 21.8 Å². The van der Waals surface area contributed by atoms with E-state index in [1.54, 1.807) is 42.5 Å². The number of nitrogens with zero attached hydrogens (tertiary/aromatic N) is 2. The van der Waals surface area contributed by atoms with Crippen LogP contribution in [-0.2, 0) is 20.9 Å². The summed E-state index contributed by atoms with van der Waals surface area (Å²) in [6, 6.07) is 15.8. The van der Waals surface area contributed by atoms with E-state index >= 15 is 0 Å². The van der Waals surface area contributed by atoms with Crippen LogP contribution >= 0.6 is 47.0 Å². The molecule has 0 radical (unpaired) electrons. The minimum atomic E-state index is -0.591. The molecule has 0 unspecified atom stereocenters. The van der Waals surface area contributed by atoms with Crippen LogP contribution in [0.4, 0.5) is 10.1 Å². The van der Waals surface area contributed by atoms with Crippen LogP contribution in [0, 0.1) is 5.82 Å². The molecular weight excluding hydrogens is 562 g/mol. The van der Waals surface area contributed by atoms with E-state index in [0.717, 1.165) is 0 Å². The first-order valence-corrected chi connectivity index (χ1v) is 12.3. The zero-order valence-electron chi connectivity index (χ0n) is 19.2. The largest absolute Gasteiger partial charge is 0.486 e. The summed E-state index contributed by atoms with van der Waals surface area (Å²) in [7, 11) is 1.24. The Labute approximate surface area is 232 Å². The SMILES string of the molecule is COC(=O)CN1C(=S)N(c2ccc(Cl)cc2)C(=O)/C1=C/c1cc(Cl)c(OCc2ccccc2F)c(Cl)c1. The molecule has 0 spiro atoms. The van der Waals surface area contributed by atoms with Crippen molar-refractivity contribution in [1.82, 2.24) is 4.90 Å². The summed E-state index contributed by atoms with van der Waals surface area (Å²) >= 11 is 24.3. The van der Waals surface area contributed by atoms with E-state index in [2.05, 4.69) is 0 Å². The Bertz CT molecular complexity index is 1390. The van der Waals surface area contributed by atoms with Crippen LogP contribution < -0.4 is 9.64 Å². The fourth-order valence-corrected chi connectivity index (χ4v) is 4.66. The molecule has 11 heteroatoms. The summed E-state index contributed by atoms with van der Waals surface area (Å²) in [4.78, 5) is 28.2. The molecule has 0 saturated carbocycles. The van der Waals surface area contributed by atoms with E-state index in [1.165, 1.54) is 41.2 Å². The van der Waals surface area contributed by atoms with Crippen molar-refractivity contribution in [2.75, 3.05) is 18.6 Å². The average Bonchev–Trinajstić information content (AvgIpc) is 3.09. The summed E-state index contributed by atoms with van der Waals surface area (Å²) in [6.07, 6.45) is 1.51. The number of ether oxygens (including phenoxy) is 2. The van der Waals surface area contributed by atoms with Crippen molar-refractivity contribution >= 4 is 75.8 Å². The van der Waals surface area contributed by atoms with Gasteiger partial charge in [-0.1, -0.05) is 53.0 Å². The highest BCUT2D eigenvalue weighted by atomic mass is 35.5. The third-order valence-corrected chi connectivity index (χ3v) is 6.61. The van der Waals surface area contributed by atoms with Crippen molar-refractivity contribution in [1.29, 1.82) is 0 Å². The van der Waals surface area contributed by atoms with Gasteiger partial charge in [0.2, 0.25) is 0 Å². The predicted octanol–water partition coefficient (Wildman–Crippen LogP) is 6.51. The molecule has 6 nitrogen and oxygen atoms in total. The lowest BCUT2D eigenvalue weighted by Crippen LogP contribution is -2.35. The molecule has 1 fully saturated rings. The highest BCUT2D eigenvalue weighted by Crippen LogP contribution is 2.37. The van der Waals surface area contributed by atoms with Gasteiger partial charge >= 0.3 is 5.97 Å². The van der Waals surface area contributed by atoms with Crippen molar-refractivity contribution in [2.45, 2.75) is 6.61 Å². The molecule has 4 rings (SSSR count). The van der Waals surface area contributed by atoms with E-state index in [9.17, 15) is 14.0 Å². The Kier molecular flexibility index (Phi) is 8.34. The maximum atomic E-state index is 13.9. The minimum absolute atomic E-state index is 0.0811. The highest BCUT2D eigenvalue weighted by molar-refractivity contribution is 7.80. The van der Waals surface area contributed by atoms with E-state index in [-0.39, 0.29) is 39.8 Å². The van der Waals surface area contributed by atoms with Crippen LogP contribution in [0.25, 0.3) is 6.08 Å². The lowest BCUT2D eigenvalue weighted by Gasteiger charge is -2.19. The lowest BCUT2D eigenvalue weighted by atomic mass is 10.1. The molecule has 0 N–H and O–H groups in total. The van der Waals surface area contributed by atoms with Gasteiger partial charge in [-0.3, -0.25) is 14.5 Å². The van der Waals surface area contributed by atoms with Gasteiger partial charge in [-0.25, -0.2) is 4.39 Å². The van der Waals surface area contributed by atoms with Gasteiger partial charge in [0.15, 0.2) is 10.9 Å². The number of hydrogen-bond donors (Lipinski definition) is 0. The fraction of sp³-hybridized carbons (Fsp3) is 0.115. The molecule has 0 aliphatic carbocycles. The predicted molar refractivity (Wildman–Crippen MR) is 145 cm³/mol. The number of esters is 1. The maximum Gasteiger partial charge on any atom is 0.325 e. The van der Waals surface area contributed by atoms with Crippen molar-refractivity contribution < 1.29 is 23.5 Å². The average molecular weight is 580 g/mol. The van der Waals surface area contributed by atoms with Gasteiger partial charge in [-0.15, -0.1) is 0 Å². The van der Waals surface area contributed by atoms with Crippen LogP contribution in [0.5, 0.6) is 5.75 Å². The number of anilines is 1. The number of carbonyl (C=O) groups excluding carboxylic acids is 2. The summed E-state index contributed by atoms with van der Waals surface area (Å²) in [5, 5.41) is 0.881. The van der Waals surface area contributed by atoms with Crippen molar-refractivity contribution in [3.8, 4) is 5.75 Å². The van der Waals surface area contributed by atoms with Crippen molar-refractivity contribution in [3.05, 3.63) is 98.4 Å². The lowest BCUT2D eigenvalue weighted by molar-refractivity contribution is -0.140. The first kappa shape index (κ1) is 26.9. The molecule has 1 aliphatic heterocycles. The second kappa shape index (κ2) is 11.5. The zero-order chi connectivity index (χ0) is 26.7. The number of rotatable bonds is 7. The first-order chi connectivity index (χ1) is 17.7. The van der Waals surface area contributed by atoms with Crippen LogP contribution in [0.15, 0.2) is 66.4 Å². The molecule has 0 bridgehead atoms. The molecule has 1 heterocycles. The van der Waals surface area contributed by atoms with E-state index < -0.39 is 17.7 Å². The normalized spacial score (nSPS) is 14.5. The fourth-order valence-electron chi connectivity index (χ4n) is 3.57. The minimum Gasteiger partial charge on any atom is -0.486 e. The van der Waals surface area contributed by atoms with Crippen molar-refractivity contribution in [2.24, 2.45) is 0 Å². The van der Waals surface area contributed by atoms with Crippen LogP contribution in [-0.4, -0.2) is 35.5 Å². The number of methoxy groups -OCH3 is 1. The highest BCUT2D eigenvalue weighted by Gasteiger charge is 2.40. The molecule has 37 heavy (non-hydrogen) atoms. The standard InChI is InChI=1S/C26H18Cl3FN2O4S/c1-35-23(33)13-31-22(25(34)32(26(31)37)18-8-6-17(27)7-9-18)12-15-10-19(28)24(20(29)11-15)36-14-16-4-2-3-5-21(16)30/h2-12H,13-14H2,1H3/b22-12-. The van der Waals surface area contributed by atoms with Gasteiger partial charge in [-0.05, 0) is 66.3 Å². The Morgan fingerprint density at radius 2 is 1.70 bits per heavy atom. The van der Waals surface area contributed by atoms with Crippen LogP contribution in [0.1, 0.15) is 11.1 Å². The molecule has 0 atom stereocenters. The Morgan fingerprint density at radius 1 is 1.05 bits per heavy atom. The smallest absolute Gasteiger partial charge is 0.325 e. The monoisotopic (exact) mass is 578 g/mol. The number of thiocarbonyl (C=S) groups is 1. The zero-order valence-corrected chi connectivity index (χ0v) is 22.3. The second-order valence-electron chi connectivity index (χ2n) is 7.79. The third-order valence-electron chi connectivity index (χ3n) is 5.39. The van der Waals surface area contributed by atoms with Gasteiger partial charge in [-0.2, -0.15) is 0 Å². The van der Waals surface area contributed by atoms with E-state index in [1.807, 2.05) is 0 Å². The summed E-state index contributed by atoms with van der Waals surface area (Å²) in [5.41, 5.74) is 1.38. The number of amides is 1. The molecule has 1 amide bonds. The maximum absolute atomic E-state index is 13.9. The third kappa shape index (κ3) is 5.88. The number of benzene rings is 3. The number of carbonyl (C=O) groups is 2. The van der Waals surface area contributed by atoms with Crippen LogP contribution in [0.2, 0.25) is 15.1 Å². The molecule has 0 aromatic heterocycles. The molecule has 190 valence electrons. The van der Waals surface area contributed by atoms with Crippen molar-refractivity contribution in [3.63, 3.8) is 0 Å².